The Hall–Kier alpha value is -0.0600. The lowest BCUT2D eigenvalue weighted by atomic mass is 10.1. The molecule has 1 aromatic heterocycles. The smallest absolute Gasteiger partial charge is 0.106 e. The van der Waals surface area contributed by atoms with Gasteiger partial charge in [-0.05, 0) is 18.6 Å². The van der Waals surface area contributed by atoms with Gasteiger partial charge in [0.1, 0.15) is 5.01 Å². The summed E-state index contributed by atoms with van der Waals surface area (Å²) in [6.07, 6.45) is 2.64. The first-order valence-electron chi connectivity index (χ1n) is 5.08. The van der Waals surface area contributed by atoms with Crippen molar-refractivity contribution in [2.45, 2.75) is 30.9 Å². The molecule has 14 heavy (non-hydrogen) atoms. The maximum atomic E-state index is 5.63. The number of nitrogens with zero attached hydrogens (tertiary/aromatic N) is 1. The van der Waals surface area contributed by atoms with Crippen LogP contribution >= 0.6 is 23.1 Å². The largest absolute Gasteiger partial charge is 0.330 e. The third kappa shape index (κ3) is 2.12. The Morgan fingerprint density at radius 3 is 3.21 bits per heavy atom. The number of nitrogens with two attached hydrogens (primary N) is 1. The molecule has 2 nitrogen and oxygen atoms in total. The molecule has 0 radical (unpaired) electrons. The number of hydrogen-bond acceptors (Lipinski definition) is 4. The summed E-state index contributed by atoms with van der Waals surface area (Å²) in [6.45, 7) is 2.83. The predicted molar refractivity (Wildman–Crippen MR) is 64.0 cm³/mol. The Labute approximate surface area is 93.3 Å². The summed E-state index contributed by atoms with van der Waals surface area (Å²) in [5, 5.41) is 4.15. The predicted octanol–water partition coefficient (Wildman–Crippen LogP) is 2.77. The van der Waals surface area contributed by atoms with Crippen LogP contribution in [0.25, 0.3) is 0 Å². The van der Waals surface area contributed by atoms with Crippen LogP contribution in [0.4, 0.5) is 0 Å². The number of aromatic nitrogens is 1. The van der Waals surface area contributed by atoms with Crippen LogP contribution in [-0.4, -0.2) is 17.3 Å². The van der Waals surface area contributed by atoms with Gasteiger partial charge in [0.15, 0.2) is 0 Å². The van der Waals surface area contributed by atoms with Crippen molar-refractivity contribution in [2.75, 3.05) is 12.3 Å². The Balaban J connectivity index is 2.08. The molecule has 0 saturated carbocycles. The van der Waals surface area contributed by atoms with E-state index in [0.717, 1.165) is 0 Å². The molecule has 0 aliphatic carbocycles. The van der Waals surface area contributed by atoms with Crippen molar-refractivity contribution in [1.29, 1.82) is 0 Å². The van der Waals surface area contributed by atoms with Crippen LogP contribution in [0.2, 0.25) is 0 Å². The minimum Gasteiger partial charge on any atom is -0.330 e. The molecule has 0 bridgehead atoms. The fourth-order valence-electron chi connectivity index (χ4n) is 1.57. The van der Waals surface area contributed by atoms with E-state index < -0.39 is 0 Å². The standard InChI is InChI=1S/C10H16N2S2/c1-7(5-11)8-6-14-10(12-8)9-3-2-4-13-9/h6-7,9H,2-5,11H2,1H3. The van der Waals surface area contributed by atoms with Crippen molar-refractivity contribution in [3.05, 3.63) is 16.1 Å². The maximum absolute atomic E-state index is 5.63. The zero-order valence-electron chi connectivity index (χ0n) is 8.40. The number of rotatable bonds is 3. The highest BCUT2D eigenvalue weighted by Gasteiger charge is 2.21. The first-order chi connectivity index (χ1) is 6.81. The van der Waals surface area contributed by atoms with Gasteiger partial charge in [-0.3, -0.25) is 0 Å². The van der Waals surface area contributed by atoms with E-state index in [4.69, 9.17) is 5.73 Å². The van der Waals surface area contributed by atoms with Crippen molar-refractivity contribution in [1.82, 2.24) is 4.98 Å². The van der Waals surface area contributed by atoms with Crippen molar-refractivity contribution >= 4 is 23.1 Å². The minimum atomic E-state index is 0.409. The lowest BCUT2D eigenvalue weighted by molar-refractivity contribution is 0.739. The molecule has 0 spiro atoms. The molecular formula is C10H16N2S2. The van der Waals surface area contributed by atoms with E-state index in [1.807, 2.05) is 11.8 Å². The first kappa shape index (κ1) is 10.5. The SMILES string of the molecule is CC(CN)c1csc(C2CCCS2)n1. The van der Waals surface area contributed by atoms with E-state index in [9.17, 15) is 0 Å². The zero-order chi connectivity index (χ0) is 9.97. The summed E-state index contributed by atoms with van der Waals surface area (Å²) in [5.41, 5.74) is 6.81. The first-order valence-corrected chi connectivity index (χ1v) is 7.01. The molecule has 2 atom stereocenters. The Kier molecular flexibility index (Phi) is 3.47. The molecule has 1 saturated heterocycles. The molecule has 1 aliphatic rings. The normalized spacial score (nSPS) is 24.0. The van der Waals surface area contributed by atoms with Gasteiger partial charge >= 0.3 is 0 Å². The average Bonchev–Trinajstić information content (AvgIpc) is 2.86. The summed E-state index contributed by atoms with van der Waals surface area (Å²) in [5.74, 6) is 1.71. The van der Waals surface area contributed by atoms with Crippen LogP contribution < -0.4 is 5.73 Å². The number of hydrogen-bond donors (Lipinski definition) is 1. The Morgan fingerprint density at radius 1 is 1.71 bits per heavy atom. The van der Waals surface area contributed by atoms with Gasteiger partial charge in [0.25, 0.3) is 0 Å². The van der Waals surface area contributed by atoms with E-state index in [0.29, 0.717) is 17.7 Å². The van der Waals surface area contributed by atoms with Gasteiger partial charge in [-0.15, -0.1) is 11.3 Å². The average molecular weight is 228 g/mol. The molecule has 78 valence electrons. The summed E-state index contributed by atoms with van der Waals surface area (Å²) < 4.78 is 0. The van der Waals surface area contributed by atoms with E-state index in [1.54, 1.807) is 11.3 Å². The van der Waals surface area contributed by atoms with Crippen LogP contribution in [0.5, 0.6) is 0 Å². The summed E-state index contributed by atoms with van der Waals surface area (Å²) in [6, 6.07) is 0. The van der Waals surface area contributed by atoms with Gasteiger partial charge in [0, 0.05) is 17.8 Å². The Bertz CT molecular complexity index is 292. The molecule has 0 aromatic carbocycles. The van der Waals surface area contributed by atoms with E-state index in [-0.39, 0.29) is 0 Å². The molecule has 2 N–H and O–H groups in total. The second-order valence-corrected chi connectivity index (χ2v) is 5.95. The molecular weight excluding hydrogens is 212 g/mol. The maximum Gasteiger partial charge on any atom is 0.106 e. The van der Waals surface area contributed by atoms with Crippen molar-refractivity contribution < 1.29 is 0 Å². The summed E-state index contributed by atoms with van der Waals surface area (Å²) >= 11 is 3.85. The topological polar surface area (TPSA) is 38.9 Å². The third-order valence-electron chi connectivity index (χ3n) is 2.60. The van der Waals surface area contributed by atoms with Crippen LogP contribution in [-0.2, 0) is 0 Å². The van der Waals surface area contributed by atoms with Crippen molar-refractivity contribution in [3.63, 3.8) is 0 Å². The van der Waals surface area contributed by atoms with E-state index in [2.05, 4.69) is 17.3 Å². The molecule has 1 aromatic rings. The lowest BCUT2D eigenvalue weighted by Crippen LogP contribution is -2.09. The minimum absolute atomic E-state index is 0.409. The third-order valence-corrected chi connectivity index (χ3v) is 5.11. The second kappa shape index (κ2) is 4.64. The van der Waals surface area contributed by atoms with Crippen LogP contribution in [0.3, 0.4) is 0 Å². The van der Waals surface area contributed by atoms with Gasteiger partial charge < -0.3 is 5.73 Å². The quantitative estimate of drug-likeness (QED) is 0.864. The van der Waals surface area contributed by atoms with E-state index >= 15 is 0 Å². The van der Waals surface area contributed by atoms with Crippen LogP contribution in [0, 0.1) is 0 Å². The van der Waals surface area contributed by atoms with Gasteiger partial charge in [-0.25, -0.2) is 4.98 Å². The van der Waals surface area contributed by atoms with Gasteiger partial charge in [0.2, 0.25) is 0 Å². The van der Waals surface area contributed by atoms with Gasteiger partial charge in [0.05, 0.1) is 10.9 Å². The van der Waals surface area contributed by atoms with E-state index in [1.165, 1.54) is 29.3 Å². The summed E-state index contributed by atoms with van der Waals surface area (Å²) in [4.78, 5) is 4.68. The molecule has 1 fully saturated rings. The molecule has 2 unspecified atom stereocenters. The van der Waals surface area contributed by atoms with Crippen LogP contribution in [0.1, 0.15) is 41.6 Å². The monoisotopic (exact) mass is 228 g/mol. The van der Waals surface area contributed by atoms with Gasteiger partial charge in [-0.2, -0.15) is 11.8 Å². The molecule has 2 rings (SSSR count). The van der Waals surface area contributed by atoms with Gasteiger partial charge in [-0.1, -0.05) is 6.92 Å². The van der Waals surface area contributed by atoms with Crippen molar-refractivity contribution in [3.8, 4) is 0 Å². The van der Waals surface area contributed by atoms with Crippen LogP contribution in [0.15, 0.2) is 5.38 Å². The second-order valence-electron chi connectivity index (χ2n) is 3.75. The lowest BCUT2D eigenvalue weighted by Gasteiger charge is -2.05. The molecule has 4 heteroatoms. The highest BCUT2D eigenvalue weighted by Crippen LogP contribution is 2.41. The fourth-order valence-corrected chi connectivity index (χ4v) is 4.04. The molecule has 0 amide bonds. The molecule has 1 aliphatic heterocycles. The highest BCUT2D eigenvalue weighted by molar-refractivity contribution is 7.99. The zero-order valence-corrected chi connectivity index (χ0v) is 10.0. The number of thiazole rings is 1. The summed E-state index contributed by atoms with van der Waals surface area (Å²) in [7, 11) is 0. The fraction of sp³-hybridized carbons (Fsp3) is 0.700. The molecule has 2 heterocycles. The Morgan fingerprint density at radius 2 is 2.57 bits per heavy atom. The highest BCUT2D eigenvalue weighted by atomic mass is 32.2. The number of thioether (sulfide) groups is 1. The van der Waals surface area contributed by atoms with Crippen molar-refractivity contribution in [2.24, 2.45) is 5.73 Å².